The van der Waals surface area contributed by atoms with Crippen molar-refractivity contribution < 1.29 is 4.79 Å². The highest BCUT2D eigenvalue weighted by Gasteiger charge is 2.68. The number of aryl methyl sites for hydroxylation is 1. The number of rotatable bonds is 3. The summed E-state index contributed by atoms with van der Waals surface area (Å²) in [5.74, 6) is 0.254. The highest BCUT2D eigenvalue weighted by Crippen LogP contribution is 2.68. The molecule has 0 bridgehead atoms. The van der Waals surface area contributed by atoms with Crippen molar-refractivity contribution in [2.24, 2.45) is 16.7 Å². The van der Waals surface area contributed by atoms with Gasteiger partial charge in [0, 0.05) is 30.4 Å². The van der Waals surface area contributed by atoms with Gasteiger partial charge in [0.15, 0.2) is 0 Å². The average Bonchev–Trinajstić information content (AvgIpc) is 2.83. The van der Waals surface area contributed by atoms with Crippen LogP contribution >= 0.6 is 0 Å². The van der Waals surface area contributed by atoms with Crippen molar-refractivity contribution in [2.75, 3.05) is 23.3 Å². The highest BCUT2D eigenvalue weighted by molar-refractivity contribution is 5.96. The van der Waals surface area contributed by atoms with E-state index in [-0.39, 0.29) is 22.7 Å². The van der Waals surface area contributed by atoms with Gasteiger partial charge in [0.1, 0.15) is 0 Å². The first-order chi connectivity index (χ1) is 10.2. The first-order valence-corrected chi connectivity index (χ1v) is 8.41. The van der Waals surface area contributed by atoms with Crippen LogP contribution in [0.4, 0.5) is 11.4 Å². The number of nitrogens with one attached hydrogen (secondary N) is 1. The Balaban J connectivity index is 1.72. The molecule has 1 saturated carbocycles. The van der Waals surface area contributed by atoms with Gasteiger partial charge in [0.05, 0.1) is 0 Å². The number of carbonyl (C=O) groups excluding carboxylic acids is 1. The van der Waals surface area contributed by atoms with E-state index in [4.69, 9.17) is 0 Å². The number of amides is 1. The molecule has 1 amide bonds. The van der Waals surface area contributed by atoms with Gasteiger partial charge in [-0.15, -0.1) is 0 Å². The zero-order chi connectivity index (χ0) is 16.1. The molecule has 3 nitrogen and oxygen atoms in total. The summed E-state index contributed by atoms with van der Waals surface area (Å²) in [6.45, 7) is 13.1. The van der Waals surface area contributed by atoms with Gasteiger partial charge < -0.3 is 10.2 Å². The summed E-state index contributed by atoms with van der Waals surface area (Å²) in [7, 11) is 0. The molecule has 2 aliphatic rings. The van der Waals surface area contributed by atoms with Crippen molar-refractivity contribution in [3.05, 3.63) is 23.8 Å². The van der Waals surface area contributed by atoms with Crippen molar-refractivity contribution in [1.29, 1.82) is 0 Å². The summed E-state index contributed by atoms with van der Waals surface area (Å²) in [6.07, 6.45) is 2.56. The lowest BCUT2D eigenvalue weighted by atomic mass is 10.0. The largest absolute Gasteiger partial charge is 0.372 e. The van der Waals surface area contributed by atoms with Crippen LogP contribution in [-0.4, -0.2) is 19.0 Å². The van der Waals surface area contributed by atoms with Gasteiger partial charge in [0.2, 0.25) is 5.91 Å². The predicted octanol–water partition coefficient (Wildman–Crippen LogP) is 4.22. The third kappa shape index (κ3) is 2.31. The third-order valence-electron chi connectivity index (χ3n) is 6.22. The predicted molar refractivity (Wildman–Crippen MR) is 92.3 cm³/mol. The molecule has 0 radical (unpaired) electrons. The number of benzene rings is 1. The molecule has 2 fully saturated rings. The molecule has 1 saturated heterocycles. The molecule has 1 aliphatic carbocycles. The number of carbonyl (C=O) groups is 1. The number of hydrogen-bond donors (Lipinski definition) is 1. The molecular formula is C19H28N2O. The molecule has 120 valence electrons. The van der Waals surface area contributed by atoms with Crippen LogP contribution in [0, 0.1) is 23.7 Å². The van der Waals surface area contributed by atoms with Gasteiger partial charge in [-0.3, -0.25) is 4.79 Å². The summed E-state index contributed by atoms with van der Waals surface area (Å²) in [4.78, 5) is 15.0. The zero-order valence-electron chi connectivity index (χ0n) is 14.5. The lowest BCUT2D eigenvalue weighted by molar-refractivity contribution is -0.118. The molecule has 3 rings (SSSR count). The fourth-order valence-corrected chi connectivity index (χ4v) is 4.02. The van der Waals surface area contributed by atoms with E-state index >= 15 is 0 Å². The van der Waals surface area contributed by atoms with Crippen molar-refractivity contribution in [2.45, 2.75) is 47.5 Å². The van der Waals surface area contributed by atoms with E-state index in [0.717, 1.165) is 24.3 Å². The maximum Gasteiger partial charge on any atom is 0.228 e. The van der Waals surface area contributed by atoms with Crippen LogP contribution in [0.15, 0.2) is 18.2 Å². The molecule has 0 unspecified atom stereocenters. The van der Waals surface area contributed by atoms with E-state index in [9.17, 15) is 4.79 Å². The van der Waals surface area contributed by atoms with Crippen LogP contribution in [-0.2, 0) is 4.79 Å². The molecular weight excluding hydrogens is 272 g/mol. The van der Waals surface area contributed by atoms with E-state index in [2.05, 4.69) is 63.0 Å². The fourth-order valence-electron chi connectivity index (χ4n) is 4.02. The maximum atomic E-state index is 12.6. The van der Waals surface area contributed by atoms with Crippen LogP contribution in [0.3, 0.4) is 0 Å². The summed E-state index contributed by atoms with van der Waals surface area (Å²) in [6, 6.07) is 6.39. The van der Waals surface area contributed by atoms with Gasteiger partial charge in [0.25, 0.3) is 0 Å². The second-order valence-corrected chi connectivity index (χ2v) is 8.06. The SMILES string of the molecule is Cc1cc(N2CCCC2)ccc1NC(=O)C1C(C)(C)C1(C)C. The zero-order valence-corrected chi connectivity index (χ0v) is 14.5. The Morgan fingerprint density at radius 2 is 1.73 bits per heavy atom. The van der Waals surface area contributed by atoms with Crippen LogP contribution in [0.2, 0.25) is 0 Å². The van der Waals surface area contributed by atoms with E-state index in [0.29, 0.717) is 0 Å². The van der Waals surface area contributed by atoms with Crippen LogP contribution in [0.5, 0.6) is 0 Å². The Labute approximate surface area is 134 Å². The second kappa shape index (κ2) is 5.00. The lowest BCUT2D eigenvalue weighted by Crippen LogP contribution is -2.20. The first-order valence-electron chi connectivity index (χ1n) is 8.41. The molecule has 0 aromatic heterocycles. The quantitative estimate of drug-likeness (QED) is 0.906. The summed E-state index contributed by atoms with van der Waals surface area (Å²) < 4.78 is 0. The third-order valence-corrected chi connectivity index (χ3v) is 6.22. The topological polar surface area (TPSA) is 32.3 Å². The standard InChI is InChI=1S/C19H28N2O/c1-13-12-14(21-10-6-7-11-21)8-9-15(13)20-17(22)16-18(2,3)19(16,4)5/h8-9,12,16H,6-7,10-11H2,1-5H3,(H,20,22). The smallest absolute Gasteiger partial charge is 0.228 e. The van der Waals surface area contributed by atoms with Crippen LogP contribution in [0.25, 0.3) is 0 Å². The highest BCUT2D eigenvalue weighted by atomic mass is 16.2. The molecule has 0 spiro atoms. The van der Waals surface area contributed by atoms with Crippen LogP contribution in [0.1, 0.15) is 46.1 Å². The number of hydrogen-bond acceptors (Lipinski definition) is 2. The van der Waals surface area contributed by atoms with Gasteiger partial charge >= 0.3 is 0 Å². The average molecular weight is 300 g/mol. The van der Waals surface area contributed by atoms with E-state index in [1.54, 1.807) is 0 Å². The molecule has 1 aliphatic heterocycles. The van der Waals surface area contributed by atoms with Crippen molar-refractivity contribution in [3.63, 3.8) is 0 Å². The Hall–Kier alpha value is -1.51. The second-order valence-electron chi connectivity index (χ2n) is 8.06. The molecule has 0 atom stereocenters. The summed E-state index contributed by atoms with van der Waals surface area (Å²) >= 11 is 0. The van der Waals surface area contributed by atoms with E-state index in [1.165, 1.54) is 18.5 Å². The molecule has 1 heterocycles. The minimum atomic E-state index is 0.0838. The number of anilines is 2. The van der Waals surface area contributed by atoms with Gasteiger partial charge in [-0.05, 0) is 54.4 Å². The molecule has 1 aromatic carbocycles. The molecule has 1 N–H and O–H groups in total. The molecule has 1 aromatic rings. The fraction of sp³-hybridized carbons (Fsp3) is 0.632. The Morgan fingerprint density at radius 3 is 2.23 bits per heavy atom. The Morgan fingerprint density at radius 1 is 1.14 bits per heavy atom. The summed E-state index contributed by atoms with van der Waals surface area (Å²) in [5, 5.41) is 3.14. The van der Waals surface area contributed by atoms with Crippen LogP contribution < -0.4 is 10.2 Å². The van der Waals surface area contributed by atoms with E-state index in [1.807, 2.05) is 0 Å². The first kappa shape index (κ1) is 15.4. The maximum absolute atomic E-state index is 12.6. The minimum absolute atomic E-state index is 0.0838. The minimum Gasteiger partial charge on any atom is -0.372 e. The van der Waals surface area contributed by atoms with Gasteiger partial charge in [-0.25, -0.2) is 0 Å². The van der Waals surface area contributed by atoms with Crippen molar-refractivity contribution >= 4 is 17.3 Å². The Kier molecular flexibility index (Phi) is 3.50. The van der Waals surface area contributed by atoms with Gasteiger partial charge in [-0.1, -0.05) is 27.7 Å². The van der Waals surface area contributed by atoms with Crippen molar-refractivity contribution in [3.8, 4) is 0 Å². The summed E-state index contributed by atoms with van der Waals surface area (Å²) in [5.41, 5.74) is 3.54. The molecule has 22 heavy (non-hydrogen) atoms. The molecule has 3 heteroatoms. The number of nitrogens with zero attached hydrogens (tertiary/aromatic N) is 1. The van der Waals surface area contributed by atoms with E-state index < -0.39 is 0 Å². The lowest BCUT2D eigenvalue weighted by Gasteiger charge is -2.19. The van der Waals surface area contributed by atoms with Crippen molar-refractivity contribution in [1.82, 2.24) is 0 Å². The monoisotopic (exact) mass is 300 g/mol. The normalized spacial score (nSPS) is 22.7. The van der Waals surface area contributed by atoms with Gasteiger partial charge in [-0.2, -0.15) is 0 Å². The Bertz CT molecular complexity index is 583.